The number of rotatable bonds is 2. The summed E-state index contributed by atoms with van der Waals surface area (Å²) in [6, 6.07) is 0. The van der Waals surface area contributed by atoms with Gasteiger partial charge in [-0.2, -0.15) is 0 Å². The highest BCUT2D eigenvalue weighted by molar-refractivity contribution is 9.09. The topological polar surface area (TPSA) is 80.8 Å². The van der Waals surface area contributed by atoms with Gasteiger partial charge in [0.25, 0.3) is 0 Å². The van der Waals surface area contributed by atoms with Crippen molar-refractivity contribution in [1.82, 2.24) is 4.90 Å². The van der Waals surface area contributed by atoms with Gasteiger partial charge in [0.1, 0.15) is 5.60 Å². The molecule has 6 nitrogen and oxygen atoms in total. The molecule has 2 heterocycles. The van der Waals surface area contributed by atoms with Gasteiger partial charge in [0.2, 0.25) is 15.7 Å². The second-order valence-corrected chi connectivity index (χ2v) is 8.53. The molecular weight excluding hydrogens is 362 g/mol. The fourth-order valence-corrected chi connectivity index (χ4v) is 4.71. The minimum atomic E-state index is -3.83. The molecule has 21 heavy (non-hydrogen) atoms. The standard InChI is InChI=1S/C13H16BrNO5S/c1-7-8(5-14)6-15-10(16)9(11(15)21(7,18)19)12(17)20-13(2,3)4/h6,9,11H,1,5H2,2-4H3/t9?,11-/m1/s1. The van der Waals surface area contributed by atoms with Crippen LogP contribution in [0.15, 0.2) is 23.3 Å². The molecule has 116 valence electrons. The van der Waals surface area contributed by atoms with Gasteiger partial charge in [0.15, 0.2) is 11.3 Å². The van der Waals surface area contributed by atoms with Crippen LogP contribution < -0.4 is 0 Å². The van der Waals surface area contributed by atoms with Crippen LogP contribution in [0.5, 0.6) is 0 Å². The van der Waals surface area contributed by atoms with E-state index in [1.54, 1.807) is 20.8 Å². The molecule has 0 aromatic heterocycles. The van der Waals surface area contributed by atoms with Crippen molar-refractivity contribution in [2.75, 3.05) is 5.33 Å². The van der Waals surface area contributed by atoms with Gasteiger partial charge in [0, 0.05) is 11.5 Å². The summed E-state index contributed by atoms with van der Waals surface area (Å²) < 4.78 is 29.9. The third-order valence-electron chi connectivity index (χ3n) is 3.20. The lowest BCUT2D eigenvalue weighted by Crippen LogP contribution is -2.66. The molecule has 2 rings (SSSR count). The average Bonchev–Trinajstić information content (AvgIpc) is 2.32. The number of esters is 1. The first-order valence-corrected chi connectivity index (χ1v) is 8.92. The lowest BCUT2D eigenvalue weighted by molar-refractivity contribution is -0.173. The number of nitrogens with zero attached hydrogens (tertiary/aromatic N) is 1. The molecule has 0 saturated carbocycles. The molecule has 1 saturated heterocycles. The predicted octanol–water partition coefficient (Wildman–Crippen LogP) is 1.33. The summed E-state index contributed by atoms with van der Waals surface area (Å²) in [6.45, 7) is 8.52. The number of hydrogen-bond donors (Lipinski definition) is 0. The van der Waals surface area contributed by atoms with Crippen LogP contribution in [-0.2, 0) is 24.2 Å². The lowest BCUT2D eigenvalue weighted by Gasteiger charge is -2.46. The van der Waals surface area contributed by atoms with Crippen LogP contribution >= 0.6 is 15.9 Å². The Morgan fingerprint density at radius 2 is 2.05 bits per heavy atom. The van der Waals surface area contributed by atoms with Gasteiger partial charge in [-0.3, -0.25) is 14.5 Å². The van der Waals surface area contributed by atoms with Crippen LogP contribution in [0.3, 0.4) is 0 Å². The molecular formula is C13H16BrNO5S. The molecule has 0 N–H and O–H groups in total. The molecule has 0 aromatic carbocycles. The van der Waals surface area contributed by atoms with Crippen LogP contribution in [0, 0.1) is 5.92 Å². The number of alkyl halides is 1. The quantitative estimate of drug-likeness (QED) is 0.314. The Morgan fingerprint density at radius 1 is 1.48 bits per heavy atom. The Bertz CT molecular complexity index is 659. The lowest BCUT2D eigenvalue weighted by atomic mass is 9.97. The van der Waals surface area contributed by atoms with Crippen molar-refractivity contribution >= 4 is 37.6 Å². The number of amides is 1. The van der Waals surface area contributed by atoms with E-state index in [0.29, 0.717) is 5.57 Å². The number of carbonyl (C=O) groups is 2. The van der Waals surface area contributed by atoms with E-state index in [-0.39, 0.29) is 10.2 Å². The van der Waals surface area contributed by atoms with Crippen LogP contribution in [0.1, 0.15) is 20.8 Å². The van der Waals surface area contributed by atoms with E-state index >= 15 is 0 Å². The largest absolute Gasteiger partial charge is 0.459 e. The van der Waals surface area contributed by atoms with Crippen LogP contribution in [0.25, 0.3) is 0 Å². The van der Waals surface area contributed by atoms with Crippen LogP contribution in [0.4, 0.5) is 0 Å². The monoisotopic (exact) mass is 377 g/mol. The Hall–Kier alpha value is -1.15. The van der Waals surface area contributed by atoms with Crippen molar-refractivity contribution in [1.29, 1.82) is 0 Å². The maximum absolute atomic E-state index is 12.4. The highest BCUT2D eigenvalue weighted by Crippen LogP contribution is 2.41. The maximum Gasteiger partial charge on any atom is 0.322 e. The minimum Gasteiger partial charge on any atom is -0.459 e. The zero-order chi connectivity index (χ0) is 16.2. The zero-order valence-corrected chi connectivity index (χ0v) is 14.3. The molecule has 0 radical (unpaired) electrons. The summed E-state index contributed by atoms with van der Waals surface area (Å²) >= 11 is 3.16. The number of allylic oxidation sites excluding steroid dienone is 1. The van der Waals surface area contributed by atoms with Crippen molar-refractivity contribution in [3.63, 3.8) is 0 Å². The van der Waals surface area contributed by atoms with E-state index in [4.69, 9.17) is 4.74 Å². The van der Waals surface area contributed by atoms with Crippen LogP contribution in [0.2, 0.25) is 0 Å². The normalized spacial score (nSPS) is 27.6. The summed E-state index contributed by atoms with van der Waals surface area (Å²) in [5.41, 5.74) is -0.383. The van der Waals surface area contributed by atoms with Crippen LogP contribution in [-0.4, -0.2) is 41.5 Å². The Labute approximate surface area is 131 Å². The SMILES string of the molecule is C=C1C(CBr)=CN2C(=O)C(C(=O)OC(C)(C)C)[C@H]2S1(=O)=O. The average molecular weight is 378 g/mol. The van der Waals surface area contributed by atoms with Gasteiger partial charge in [-0.25, -0.2) is 8.42 Å². The summed E-state index contributed by atoms with van der Waals surface area (Å²) in [4.78, 5) is 25.1. The van der Waals surface area contributed by atoms with Gasteiger partial charge in [-0.15, -0.1) is 0 Å². The number of ether oxygens (including phenoxy) is 1. The molecule has 1 fully saturated rings. The molecule has 0 aromatic rings. The Balaban J connectivity index is 2.36. The predicted molar refractivity (Wildman–Crippen MR) is 79.9 cm³/mol. The molecule has 0 spiro atoms. The molecule has 0 aliphatic carbocycles. The smallest absolute Gasteiger partial charge is 0.322 e. The highest BCUT2D eigenvalue weighted by atomic mass is 79.9. The third kappa shape index (κ3) is 2.55. The number of fused-ring (bicyclic) bond motifs is 1. The van der Waals surface area contributed by atoms with Crippen molar-refractivity contribution < 1.29 is 22.7 Å². The molecule has 0 bridgehead atoms. The number of sulfone groups is 1. The van der Waals surface area contributed by atoms with Crippen molar-refractivity contribution in [2.24, 2.45) is 5.92 Å². The van der Waals surface area contributed by atoms with Gasteiger partial charge in [0.05, 0.1) is 4.91 Å². The summed E-state index contributed by atoms with van der Waals surface area (Å²) in [6.07, 6.45) is 1.42. The summed E-state index contributed by atoms with van der Waals surface area (Å²) in [5.74, 6) is -2.70. The number of hydrogen-bond acceptors (Lipinski definition) is 5. The fourth-order valence-electron chi connectivity index (χ4n) is 2.21. The second kappa shape index (κ2) is 4.95. The molecule has 2 aliphatic rings. The van der Waals surface area contributed by atoms with E-state index in [9.17, 15) is 18.0 Å². The van der Waals surface area contributed by atoms with E-state index < -0.39 is 38.6 Å². The Morgan fingerprint density at radius 3 is 2.52 bits per heavy atom. The second-order valence-electron chi connectivity index (χ2n) is 5.90. The van der Waals surface area contributed by atoms with E-state index in [0.717, 1.165) is 4.90 Å². The fraction of sp³-hybridized carbons (Fsp3) is 0.538. The van der Waals surface area contributed by atoms with Gasteiger partial charge >= 0.3 is 5.97 Å². The molecule has 2 atom stereocenters. The molecule has 1 amide bonds. The summed E-state index contributed by atoms with van der Waals surface area (Å²) in [7, 11) is -3.83. The van der Waals surface area contributed by atoms with Gasteiger partial charge in [-0.05, 0) is 26.3 Å². The van der Waals surface area contributed by atoms with Gasteiger partial charge in [-0.1, -0.05) is 22.5 Å². The van der Waals surface area contributed by atoms with Gasteiger partial charge < -0.3 is 4.74 Å². The van der Waals surface area contributed by atoms with E-state index in [1.807, 2.05) is 0 Å². The summed E-state index contributed by atoms with van der Waals surface area (Å²) in [5, 5.41) is -0.978. The van der Waals surface area contributed by atoms with Crippen molar-refractivity contribution in [3.05, 3.63) is 23.3 Å². The third-order valence-corrected chi connectivity index (χ3v) is 5.89. The van der Waals surface area contributed by atoms with E-state index in [2.05, 4.69) is 22.5 Å². The molecule has 1 unspecified atom stereocenters. The van der Waals surface area contributed by atoms with Crippen molar-refractivity contribution in [3.8, 4) is 0 Å². The Kier molecular flexibility index (Phi) is 3.82. The first kappa shape index (κ1) is 16.2. The first-order chi connectivity index (χ1) is 9.50. The highest BCUT2D eigenvalue weighted by Gasteiger charge is 2.61. The van der Waals surface area contributed by atoms with E-state index in [1.165, 1.54) is 6.20 Å². The maximum atomic E-state index is 12.4. The number of β-lactam (4-membered cyclic amide) rings is 1. The molecule has 8 heteroatoms. The number of carbonyl (C=O) groups excluding carboxylic acids is 2. The molecule has 2 aliphatic heterocycles. The minimum absolute atomic E-state index is 0.0679. The van der Waals surface area contributed by atoms with Crippen molar-refractivity contribution in [2.45, 2.75) is 31.7 Å². The first-order valence-electron chi connectivity index (χ1n) is 6.25. The zero-order valence-electron chi connectivity index (χ0n) is 11.9. The number of halogens is 1.